The summed E-state index contributed by atoms with van der Waals surface area (Å²) < 4.78 is 21.3. The van der Waals surface area contributed by atoms with Crippen LogP contribution < -0.4 is 14.2 Å². The van der Waals surface area contributed by atoms with E-state index in [0.29, 0.717) is 31.3 Å². The molecule has 1 rings (SSSR count). The maximum absolute atomic E-state index is 12.2. The molecule has 1 aromatic rings. The summed E-state index contributed by atoms with van der Waals surface area (Å²) in [5.41, 5.74) is 0.104. The Hall–Kier alpha value is -2.24. The zero-order valence-electron chi connectivity index (χ0n) is 13.4. The largest absolute Gasteiger partial charge is 0.490 e. The van der Waals surface area contributed by atoms with Crippen LogP contribution in [-0.2, 0) is 9.53 Å². The molecule has 0 amide bonds. The summed E-state index contributed by atoms with van der Waals surface area (Å²) in [7, 11) is 0. The van der Waals surface area contributed by atoms with E-state index in [2.05, 4.69) is 0 Å². The van der Waals surface area contributed by atoms with Gasteiger partial charge in [-0.15, -0.1) is 0 Å². The van der Waals surface area contributed by atoms with E-state index in [1.807, 2.05) is 13.8 Å². The van der Waals surface area contributed by atoms with Gasteiger partial charge < -0.3 is 18.9 Å². The molecule has 22 heavy (non-hydrogen) atoms. The number of rotatable bonds is 9. The topological polar surface area (TPSA) is 71.1 Å². The zero-order valence-corrected chi connectivity index (χ0v) is 13.4. The van der Waals surface area contributed by atoms with Crippen LogP contribution in [0.15, 0.2) is 12.1 Å². The van der Waals surface area contributed by atoms with E-state index in [9.17, 15) is 9.59 Å². The Labute approximate surface area is 130 Å². The lowest BCUT2D eigenvalue weighted by atomic mass is 10.1. The number of carbonyl (C=O) groups is 2. The van der Waals surface area contributed by atoms with Gasteiger partial charge in [0.1, 0.15) is 0 Å². The Balaban J connectivity index is 3.34. The van der Waals surface area contributed by atoms with Crippen molar-refractivity contribution in [1.82, 2.24) is 0 Å². The number of carbonyl (C=O) groups excluding carboxylic acids is 2. The summed E-state index contributed by atoms with van der Waals surface area (Å²) >= 11 is 0. The molecular formula is C16H22O6. The predicted octanol–water partition coefficient (Wildman–Crippen LogP) is 2.63. The van der Waals surface area contributed by atoms with Gasteiger partial charge in [-0.3, -0.25) is 4.79 Å². The third-order valence-electron chi connectivity index (χ3n) is 2.66. The standard InChI is InChI=1S/C16H22O6/c1-5-19-12-10-9-11(13(17)16(18)22-8-4)14(20-6-2)15(12)21-7-3/h9-10H,5-8H2,1-4H3. The number of esters is 1. The molecule has 6 heteroatoms. The molecule has 0 radical (unpaired) electrons. The van der Waals surface area contributed by atoms with Crippen LogP contribution in [0.3, 0.4) is 0 Å². The number of ether oxygens (including phenoxy) is 4. The first-order valence-corrected chi connectivity index (χ1v) is 7.37. The van der Waals surface area contributed by atoms with Crippen LogP contribution in [0, 0.1) is 0 Å². The maximum atomic E-state index is 12.2. The highest BCUT2D eigenvalue weighted by atomic mass is 16.5. The lowest BCUT2D eigenvalue weighted by Gasteiger charge is -2.17. The molecule has 0 aliphatic carbocycles. The van der Waals surface area contributed by atoms with Crippen LogP contribution in [0.25, 0.3) is 0 Å². The van der Waals surface area contributed by atoms with Crippen LogP contribution >= 0.6 is 0 Å². The third kappa shape index (κ3) is 4.13. The van der Waals surface area contributed by atoms with Gasteiger partial charge in [0, 0.05) is 0 Å². The molecule has 0 aliphatic heterocycles. The minimum atomic E-state index is -0.921. The van der Waals surface area contributed by atoms with Crippen molar-refractivity contribution in [1.29, 1.82) is 0 Å². The molecule has 0 heterocycles. The van der Waals surface area contributed by atoms with Crippen molar-refractivity contribution in [3.05, 3.63) is 17.7 Å². The van der Waals surface area contributed by atoms with Gasteiger partial charge in [-0.2, -0.15) is 0 Å². The van der Waals surface area contributed by atoms with Crippen molar-refractivity contribution in [2.75, 3.05) is 26.4 Å². The molecule has 0 bridgehead atoms. The molecule has 0 aromatic heterocycles. The highest BCUT2D eigenvalue weighted by molar-refractivity contribution is 6.41. The average molecular weight is 310 g/mol. The quantitative estimate of drug-likeness (QED) is 0.397. The summed E-state index contributed by atoms with van der Waals surface area (Å²) in [6.07, 6.45) is 0. The zero-order chi connectivity index (χ0) is 16.5. The van der Waals surface area contributed by atoms with Crippen molar-refractivity contribution >= 4 is 11.8 Å². The molecule has 1 aromatic carbocycles. The van der Waals surface area contributed by atoms with Crippen LogP contribution in [0.4, 0.5) is 0 Å². The molecule has 0 fully saturated rings. The first-order valence-electron chi connectivity index (χ1n) is 7.37. The van der Waals surface area contributed by atoms with Crippen molar-refractivity contribution < 1.29 is 28.5 Å². The molecule has 6 nitrogen and oxygen atoms in total. The number of benzene rings is 1. The molecule has 0 unspecified atom stereocenters. The van der Waals surface area contributed by atoms with E-state index in [1.54, 1.807) is 19.9 Å². The van der Waals surface area contributed by atoms with E-state index in [4.69, 9.17) is 18.9 Å². The molecule has 0 spiro atoms. The molecule has 0 saturated carbocycles. The van der Waals surface area contributed by atoms with E-state index >= 15 is 0 Å². The maximum Gasteiger partial charge on any atom is 0.379 e. The number of ketones is 1. The lowest BCUT2D eigenvalue weighted by Crippen LogP contribution is -2.19. The molecule has 0 N–H and O–H groups in total. The second kappa shape index (κ2) is 8.92. The Morgan fingerprint density at radius 1 is 0.818 bits per heavy atom. The van der Waals surface area contributed by atoms with Gasteiger partial charge in [-0.05, 0) is 39.8 Å². The van der Waals surface area contributed by atoms with Crippen LogP contribution in [0.2, 0.25) is 0 Å². The summed E-state index contributed by atoms with van der Waals surface area (Å²) in [6, 6.07) is 3.07. The number of hydrogen-bond acceptors (Lipinski definition) is 6. The fourth-order valence-corrected chi connectivity index (χ4v) is 1.87. The Morgan fingerprint density at radius 3 is 1.95 bits per heavy atom. The average Bonchev–Trinajstić information content (AvgIpc) is 2.50. The highest BCUT2D eigenvalue weighted by Crippen LogP contribution is 2.40. The van der Waals surface area contributed by atoms with Gasteiger partial charge >= 0.3 is 5.97 Å². The second-order valence-corrected chi connectivity index (χ2v) is 4.12. The second-order valence-electron chi connectivity index (χ2n) is 4.12. The minimum Gasteiger partial charge on any atom is -0.490 e. The normalized spacial score (nSPS) is 10.0. The van der Waals surface area contributed by atoms with Crippen molar-refractivity contribution in [2.24, 2.45) is 0 Å². The van der Waals surface area contributed by atoms with E-state index in [0.717, 1.165) is 0 Å². The molecule has 122 valence electrons. The Morgan fingerprint density at radius 2 is 1.41 bits per heavy atom. The van der Waals surface area contributed by atoms with Crippen LogP contribution in [0.1, 0.15) is 38.1 Å². The van der Waals surface area contributed by atoms with Gasteiger partial charge in [-0.25, -0.2) is 4.79 Å². The smallest absolute Gasteiger partial charge is 0.379 e. The highest BCUT2D eigenvalue weighted by Gasteiger charge is 2.26. The van der Waals surface area contributed by atoms with Gasteiger partial charge in [-0.1, -0.05) is 0 Å². The monoisotopic (exact) mass is 310 g/mol. The van der Waals surface area contributed by atoms with E-state index in [-0.39, 0.29) is 17.9 Å². The fourth-order valence-electron chi connectivity index (χ4n) is 1.87. The van der Waals surface area contributed by atoms with Crippen molar-refractivity contribution in [3.8, 4) is 17.2 Å². The Bertz CT molecular complexity index is 524. The first kappa shape index (κ1) is 17.8. The van der Waals surface area contributed by atoms with Gasteiger partial charge in [0.15, 0.2) is 11.5 Å². The molecule has 0 atom stereocenters. The van der Waals surface area contributed by atoms with Crippen LogP contribution in [0.5, 0.6) is 17.2 Å². The summed E-state index contributed by atoms with van der Waals surface area (Å²) in [5.74, 6) is -0.702. The fraction of sp³-hybridized carbons (Fsp3) is 0.500. The van der Waals surface area contributed by atoms with Gasteiger partial charge in [0.05, 0.1) is 32.0 Å². The number of Topliss-reactive ketones (excluding diaryl/α,β-unsaturated/α-hetero) is 1. The molecular weight excluding hydrogens is 288 g/mol. The van der Waals surface area contributed by atoms with Gasteiger partial charge in [0.25, 0.3) is 5.78 Å². The predicted molar refractivity (Wildman–Crippen MR) is 80.9 cm³/mol. The SMILES string of the molecule is CCOC(=O)C(=O)c1ccc(OCC)c(OCC)c1OCC. The van der Waals surface area contributed by atoms with E-state index < -0.39 is 11.8 Å². The molecule has 0 saturated heterocycles. The lowest BCUT2D eigenvalue weighted by molar-refractivity contribution is -0.137. The minimum absolute atomic E-state index is 0.104. The summed E-state index contributed by atoms with van der Waals surface area (Å²) in [6.45, 7) is 8.33. The van der Waals surface area contributed by atoms with Crippen molar-refractivity contribution in [2.45, 2.75) is 27.7 Å². The Kier molecular flexibility index (Phi) is 7.22. The third-order valence-corrected chi connectivity index (χ3v) is 2.66. The first-order chi connectivity index (χ1) is 10.6. The molecule has 0 aliphatic rings. The number of hydrogen-bond donors (Lipinski definition) is 0. The van der Waals surface area contributed by atoms with E-state index in [1.165, 1.54) is 6.07 Å². The summed E-state index contributed by atoms with van der Waals surface area (Å²) in [4.78, 5) is 23.9. The van der Waals surface area contributed by atoms with Crippen molar-refractivity contribution in [3.63, 3.8) is 0 Å². The van der Waals surface area contributed by atoms with Gasteiger partial charge in [0.2, 0.25) is 5.75 Å². The summed E-state index contributed by atoms with van der Waals surface area (Å²) in [5, 5.41) is 0. The van der Waals surface area contributed by atoms with Crippen LogP contribution in [-0.4, -0.2) is 38.2 Å².